The Hall–Kier alpha value is -2.77. The number of nitrogens with zero attached hydrogens (tertiary/aromatic N) is 3. The van der Waals surface area contributed by atoms with Gasteiger partial charge in [-0.05, 0) is 12.1 Å². The lowest BCUT2D eigenvalue weighted by atomic mass is 10.1. The van der Waals surface area contributed by atoms with Gasteiger partial charge in [0, 0.05) is 50.8 Å². The van der Waals surface area contributed by atoms with Crippen molar-refractivity contribution < 1.29 is 22.8 Å². The molecule has 132 valence electrons. The number of halogens is 2. The number of ketones is 1. The van der Waals surface area contributed by atoms with E-state index in [1.807, 2.05) is 4.90 Å². The van der Waals surface area contributed by atoms with E-state index in [0.29, 0.717) is 31.9 Å². The topological polar surface area (TPSA) is 66.7 Å². The summed E-state index contributed by atoms with van der Waals surface area (Å²) in [5, 5.41) is 0. The SMILES string of the molecule is O=C(CCC(=O)N1CCN(c2cc(F)cc(F)c2)CC1)c1cocn1. The molecule has 0 bridgehead atoms. The molecule has 25 heavy (non-hydrogen) atoms. The number of anilines is 1. The molecule has 1 fully saturated rings. The molecule has 1 aliphatic rings. The molecule has 0 radical (unpaired) electrons. The molecule has 2 heterocycles. The third kappa shape index (κ3) is 4.20. The Labute approximate surface area is 143 Å². The van der Waals surface area contributed by atoms with Crippen molar-refractivity contribution in [2.75, 3.05) is 31.1 Å². The number of piperazine rings is 1. The summed E-state index contributed by atoms with van der Waals surface area (Å²) in [5.41, 5.74) is 0.677. The monoisotopic (exact) mass is 349 g/mol. The first-order chi connectivity index (χ1) is 12.0. The van der Waals surface area contributed by atoms with E-state index in [4.69, 9.17) is 4.42 Å². The van der Waals surface area contributed by atoms with Crippen LogP contribution in [0.2, 0.25) is 0 Å². The summed E-state index contributed by atoms with van der Waals surface area (Å²) in [6, 6.07) is 3.38. The minimum atomic E-state index is -0.625. The minimum absolute atomic E-state index is 0.0701. The Bertz CT molecular complexity index is 736. The van der Waals surface area contributed by atoms with Crippen molar-refractivity contribution in [2.24, 2.45) is 0 Å². The number of hydrogen-bond acceptors (Lipinski definition) is 5. The molecule has 1 aliphatic heterocycles. The van der Waals surface area contributed by atoms with Gasteiger partial charge in [0.1, 0.15) is 23.6 Å². The predicted octanol–water partition coefficient (Wildman–Crippen LogP) is 2.26. The predicted molar refractivity (Wildman–Crippen MR) is 85.2 cm³/mol. The minimum Gasteiger partial charge on any atom is -0.451 e. The number of Topliss-reactive ketones (excluding diaryl/α,β-unsaturated/α-hetero) is 1. The highest BCUT2D eigenvalue weighted by atomic mass is 19.1. The molecule has 0 unspecified atom stereocenters. The van der Waals surface area contributed by atoms with Crippen LogP contribution in [0.4, 0.5) is 14.5 Å². The Morgan fingerprint density at radius 2 is 1.72 bits per heavy atom. The number of oxazole rings is 1. The van der Waals surface area contributed by atoms with Gasteiger partial charge in [-0.3, -0.25) is 9.59 Å². The fraction of sp³-hybridized carbons (Fsp3) is 0.353. The van der Waals surface area contributed by atoms with Crippen molar-refractivity contribution in [1.82, 2.24) is 9.88 Å². The normalized spacial score (nSPS) is 14.6. The van der Waals surface area contributed by atoms with Gasteiger partial charge in [0.25, 0.3) is 0 Å². The van der Waals surface area contributed by atoms with Crippen LogP contribution >= 0.6 is 0 Å². The van der Waals surface area contributed by atoms with Crippen molar-refractivity contribution in [3.8, 4) is 0 Å². The zero-order valence-corrected chi connectivity index (χ0v) is 13.5. The van der Waals surface area contributed by atoms with Crippen LogP contribution in [0.25, 0.3) is 0 Å². The quantitative estimate of drug-likeness (QED) is 0.775. The zero-order chi connectivity index (χ0) is 17.8. The van der Waals surface area contributed by atoms with Crippen LogP contribution < -0.4 is 4.90 Å². The zero-order valence-electron chi connectivity index (χ0n) is 13.5. The molecule has 8 heteroatoms. The number of aromatic nitrogens is 1. The lowest BCUT2D eigenvalue weighted by molar-refractivity contribution is -0.131. The van der Waals surface area contributed by atoms with Gasteiger partial charge in [-0.15, -0.1) is 0 Å². The highest BCUT2D eigenvalue weighted by molar-refractivity contribution is 5.96. The Morgan fingerprint density at radius 1 is 1.04 bits per heavy atom. The molecule has 1 aromatic heterocycles. The maximum atomic E-state index is 13.3. The van der Waals surface area contributed by atoms with Gasteiger partial charge in [-0.25, -0.2) is 13.8 Å². The third-order valence-corrected chi connectivity index (χ3v) is 4.13. The van der Waals surface area contributed by atoms with Gasteiger partial charge in [0.15, 0.2) is 12.2 Å². The summed E-state index contributed by atoms with van der Waals surface area (Å²) in [4.78, 5) is 31.3. The van der Waals surface area contributed by atoms with Crippen LogP contribution in [0.3, 0.4) is 0 Å². The van der Waals surface area contributed by atoms with Crippen LogP contribution in [0.15, 0.2) is 35.3 Å². The first-order valence-electron chi connectivity index (χ1n) is 7.93. The van der Waals surface area contributed by atoms with Crippen molar-refractivity contribution in [2.45, 2.75) is 12.8 Å². The Balaban J connectivity index is 1.50. The van der Waals surface area contributed by atoms with Crippen molar-refractivity contribution in [3.63, 3.8) is 0 Å². The highest BCUT2D eigenvalue weighted by Gasteiger charge is 2.22. The molecule has 1 amide bonds. The maximum Gasteiger partial charge on any atom is 0.223 e. The molecule has 2 aromatic rings. The van der Waals surface area contributed by atoms with E-state index in [1.54, 1.807) is 4.90 Å². The second-order valence-electron chi connectivity index (χ2n) is 5.79. The van der Waals surface area contributed by atoms with E-state index >= 15 is 0 Å². The van der Waals surface area contributed by atoms with Gasteiger partial charge in [-0.2, -0.15) is 0 Å². The molecule has 0 atom stereocenters. The molecule has 0 saturated carbocycles. The summed E-state index contributed by atoms with van der Waals surface area (Å²) in [6.45, 7) is 1.84. The standard InChI is InChI=1S/C17H17F2N3O3/c18-12-7-13(19)9-14(8-12)21-3-5-22(6-4-21)17(24)2-1-16(23)15-10-25-11-20-15/h7-11H,1-6H2. The first-order valence-corrected chi connectivity index (χ1v) is 7.93. The fourth-order valence-electron chi connectivity index (χ4n) is 2.79. The van der Waals surface area contributed by atoms with Crippen molar-refractivity contribution in [3.05, 3.63) is 48.2 Å². The lowest BCUT2D eigenvalue weighted by Gasteiger charge is -2.36. The summed E-state index contributed by atoms with van der Waals surface area (Å²) in [6.07, 6.45) is 2.59. The Morgan fingerprint density at radius 3 is 2.32 bits per heavy atom. The fourth-order valence-corrected chi connectivity index (χ4v) is 2.79. The number of benzene rings is 1. The van der Waals surface area contributed by atoms with Crippen LogP contribution in [0.1, 0.15) is 23.3 Å². The van der Waals surface area contributed by atoms with E-state index < -0.39 is 11.6 Å². The Kier molecular flexibility index (Phi) is 5.06. The van der Waals surface area contributed by atoms with E-state index in [2.05, 4.69) is 4.98 Å². The van der Waals surface area contributed by atoms with Gasteiger partial charge < -0.3 is 14.2 Å². The molecule has 3 rings (SSSR count). The van der Waals surface area contributed by atoms with Gasteiger partial charge in [0.2, 0.25) is 5.91 Å². The highest BCUT2D eigenvalue weighted by Crippen LogP contribution is 2.20. The number of carbonyl (C=O) groups is 2. The largest absolute Gasteiger partial charge is 0.451 e. The maximum absolute atomic E-state index is 13.3. The lowest BCUT2D eigenvalue weighted by Crippen LogP contribution is -2.48. The van der Waals surface area contributed by atoms with Crippen LogP contribution in [0.5, 0.6) is 0 Å². The summed E-state index contributed by atoms with van der Waals surface area (Å²) in [5.74, 6) is -1.61. The number of hydrogen-bond donors (Lipinski definition) is 0. The molecule has 1 aromatic carbocycles. The van der Waals surface area contributed by atoms with E-state index in [9.17, 15) is 18.4 Å². The summed E-state index contributed by atoms with van der Waals surface area (Å²) in [7, 11) is 0. The molecular weight excluding hydrogens is 332 g/mol. The second-order valence-corrected chi connectivity index (χ2v) is 5.79. The second kappa shape index (κ2) is 7.42. The molecule has 0 spiro atoms. The average Bonchev–Trinajstić information content (AvgIpc) is 3.13. The average molecular weight is 349 g/mol. The molecule has 6 nitrogen and oxygen atoms in total. The number of rotatable bonds is 5. The first kappa shape index (κ1) is 17.1. The summed E-state index contributed by atoms with van der Waals surface area (Å²) >= 11 is 0. The molecule has 0 aliphatic carbocycles. The van der Waals surface area contributed by atoms with Crippen molar-refractivity contribution in [1.29, 1.82) is 0 Å². The van der Waals surface area contributed by atoms with Crippen LogP contribution in [-0.2, 0) is 4.79 Å². The van der Waals surface area contributed by atoms with Crippen molar-refractivity contribution >= 4 is 17.4 Å². The van der Waals surface area contributed by atoms with Crippen LogP contribution in [0, 0.1) is 11.6 Å². The van der Waals surface area contributed by atoms with E-state index in [0.717, 1.165) is 6.07 Å². The van der Waals surface area contributed by atoms with Gasteiger partial charge in [-0.1, -0.05) is 0 Å². The number of carbonyl (C=O) groups excluding carboxylic acids is 2. The van der Waals surface area contributed by atoms with Gasteiger partial charge >= 0.3 is 0 Å². The van der Waals surface area contributed by atoms with E-state index in [-0.39, 0.29) is 30.2 Å². The molecular formula is C17H17F2N3O3. The van der Waals surface area contributed by atoms with E-state index in [1.165, 1.54) is 24.8 Å². The smallest absolute Gasteiger partial charge is 0.223 e. The summed E-state index contributed by atoms with van der Waals surface area (Å²) < 4.78 is 31.4. The molecule has 1 saturated heterocycles. The van der Waals surface area contributed by atoms with Crippen LogP contribution in [-0.4, -0.2) is 47.8 Å². The third-order valence-electron chi connectivity index (χ3n) is 4.13. The number of amides is 1. The molecule has 0 N–H and O–H groups in total. The van der Waals surface area contributed by atoms with Gasteiger partial charge in [0.05, 0.1) is 0 Å².